The highest BCUT2D eigenvalue weighted by atomic mass is 32.2. The van der Waals surface area contributed by atoms with Gasteiger partial charge in [-0.1, -0.05) is 24.3 Å². The Morgan fingerprint density at radius 3 is 2.60 bits per heavy atom. The van der Waals surface area contributed by atoms with Gasteiger partial charge in [0, 0.05) is 41.8 Å². The summed E-state index contributed by atoms with van der Waals surface area (Å²) in [5.74, 6) is -0.688. The van der Waals surface area contributed by atoms with E-state index < -0.39 is 32.8 Å². The van der Waals surface area contributed by atoms with Gasteiger partial charge in [0.2, 0.25) is 11.6 Å². The minimum Gasteiger partial charge on any atom is -0.379 e. The number of carbonyl (C=O) groups is 1. The number of ether oxygens (including phenoxy) is 1. The van der Waals surface area contributed by atoms with E-state index >= 15 is 0 Å². The van der Waals surface area contributed by atoms with Gasteiger partial charge < -0.3 is 14.6 Å². The number of benzene rings is 2. The zero-order valence-corrected chi connectivity index (χ0v) is 22.6. The van der Waals surface area contributed by atoms with Crippen LogP contribution in [-0.2, 0) is 27.2 Å². The second-order valence-electron chi connectivity index (χ2n) is 9.51. The van der Waals surface area contributed by atoms with Gasteiger partial charge in [0.15, 0.2) is 0 Å². The molecule has 1 amide bonds. The van der Waals surface area contributed by atoms with Crippen LogP contribution in [0.4, 0.5) is 13.2 Å². The van der Waals surface area contributed by atoms with Crippen molar-refractivity contribution < 1.29 is 26.9 Å². The monoisotopic (exact) mass is 572 g/mol. The maximum atomic E-state index is 13.6. The van der Waals surface area contributed by atoms with Crippen LogP contribution in [0.3, 0.4) is 0 Å². The van der Waals surface area contributed by atoms with Crippen molar-refractivity contribution in [2.75, 3.05) is 19.5 Å². The third kappa shape index (κ3) is 6.26. The van der Waals surface area contributed by atoms with Crippen LogP contribution in [0.1, 0.15) is 46.1 Å². The molecule has 2 unspecified atom stereocenters. The van der Waals surface area contributed by atoms with Crippen molar-refractivity contribution in [3.63, 3.8) is 0 Å². The minimum atomic E-state index is -4.60. The van der Waals surface area contributed by atoms with Gasteiger partial charge in [-0.25, -0.2) is 4.21 Å². The Morgan fingerprint density at radius 2 is 1.98 bits per heavy atom. The Labute approximate surface area is 229 Å². The average molecular weight is 573 g/mol. The molecule has 1 aliphatic heterocycles. The molecule has 0 aliphatic carbocycles. The third-order valence-corrected chi connectivity index (χ3v) is 8.35. The first-order valence-electron chi connectivity index (χ1n) is 12.4. The van der Waals surface area contributed by atoms with E-state index in [4.69, 9.17) is 10.00 Å². The Hall–Kier alpha value is -3.95. The highest BCUT2D eigenvalue weighted by Crippen LogP contribution is 2.33. The SMILES string of the molecule is Cc1c(-c2cccc(C(F)(F)F)c2)c(=O)c(C(=O)NCc2ccc(S(C)(=O)=NC#N)cc2)cn1C1CCCOC1. The van der Waals surface area contributed by atoms with Crippen LogP contribution in [0.15, 0.2) is 68.8 Å². The highest BCUT2D eigenvalue weighted by molar-refractivity contribution is 7.93. The van der Waals surface area contributed by atoms with Crippen molar-refractivity contribution in [2.24, 2.45) is 4.36 Å². The van der Waals surface area contributed by atoms with E-state index in [0.717, 1.165) is 25.0 Å². The number of halogens is 3. The van der Waals surface area contributed by atoms with Crippen LogP contribution in [-0.4, -0.2) is 34.2 Å². The number of hydrogen-bond acceptors (Lipinski definition) is 6. The summed E-state index contributed by atoms with van der Waals surface area (Å²) in [5, 5.41) is 11.4. The summed E-state index contributed by atoms with van der Waals surface area (Å²) >= 11 is 0. The standard InChI is InChI=1S/C28H27F3N4O4S/c1-18-25(20-5-3-6-21(13-20)28(29,30)31)26(36)24(15-35(18)22-7-4-12-39-16-22)27(37)33-14-19-8-10-23(11-9-19)40(2,38)34-17-32/h3,5-6,8-11,13,15,22H,4,7,12,14,16H2,1-2H3,(H,33,37). The fraction of sp³-hybridized carbons (Fsp3) is 0.321. The molecule has 0 saturated carbocycles. The number of alkyl halides is 3. The minimum absolute atomic E-state index is 0.0209. The summed E-state index contributed by atoms with van der Waals surface area (Å²) in [6, 6.07) is 10.6. The average Bonchev–Trinajstić information content (AvgIpc) is 2.92. The second-order valence-corrected chi connectivity index (χ2v) is 11.8. The number of nitriles is 1. The molecule has 2 heterocycles. The first-order chi connectivity index (χ1) is 18.9. The normalized spacial score (nSPS) is 16.9. The van der Waals surface area contributed by atoms with E-state index in [-0.39, 0.29) is 29.3 Å². The molecule has 0 bridgehead atoms. The molecule has 1 aromatic heterocycles. The molecule has 1 aliphatic rings. The second kappa shape index (κ2) is 11.7. The van der Waals surface area contributed by atoms with Gasteiger partial charge >= 0.3 is 6.18 Å². The lowest BCUT2D eigenvalue weighted by atomic mass is 9.97. The number of pyridine rings is 1. The van der Waals surface area contributed by atoms with Crippen LogP contribution >= 0.6 is 0 Å². The topological polar surface area (TPSA) is 114 Å². The Morgan fingerprint density at radius 1 is 1.25 bits per heavy atom. The quantitative estimate of drug-likeness (QED) is 0.415. The maximum absolute atomic E-state index is 13.6. The van der Waals surface area contributed by atoms with Crippen molar-refractivity contribution in [3.05, 3.63) is 87.3 Å². The smallest absolute Gasteiger partial charge is 0.379 e. The van der Waals surface area contributed by atoms with E-state index in [1.165, 1.54) is 24.6 Å². The number of aromatic nitrogens is 1. The summed E-state index contributed by atoms with van der Waals surface area (Å²) in [5.41, 5.74) is -0.612. The van der Waals surface area contributed by atoms with Gasteiger partial charge in [0.05, 0.1) is 27.9 Å². The molecular weight excluding hydrogens is 545 g/mol. The van der Waals surface area contributed by atoms with E-state index in [1.54, 1.807) is 41.9 Å². The van der Waals surface area contributed by atoms with Gasteiger partial charge in [0.1, 0.15) is 5.56 Å². The molecule has 1 fully saturated rings. The number of amides is 1. The van der Waals surface area contributed by atoms with Crippen molar-refractivity contribution in [2.45, 2.75) is 43.4 Å². The fourth-order valence-corrected chi connectivity index (χ4v) is 5.57. The van der Waals surface area contributed by atoms with Crippen molar-refractivity contribution >= 4 is 15.6 Å². The Balaban J connectivity index is 1.71. The maximum Gasteiger partial charge on any atom is 0.416 e. The lowest BCUT2D eigenvalue weighted by molar-refractivity contribution is -0.137. The molecule has 8 nitrogen and oxygen atoms in total. The van der Waals surface area contributed by atoms with E-state index in [9.17, 15) is 27.0 Å². The van der Waals surface area contributed by atoms with Gasteiger partial charge in [0.25, 0.3) is 5.91 Å². The van der Waals surface area contributed by atoms with Crippen molar-refractivity contribution in [1.29, 1.82) is 5.26 Å². The first kappa shape index (κ1) is 29.0. The summed E-state index contributed by atoms with van der Waals surface area (Å²) in [4.78, 5) is 27.2. The molecule has 4 rings (SSSR count). The van der Waals surface area contributed by atoms with E-state index in [2.05, 4.69) is 9.68 Å². The largest absolute Gasteiger partial charge is 0.416 e. The summed E-state index contributed by atoms with van der Waals surface area (Å²) < 4.78 is 63.6. The highest BCUT2D eigenvalue weighted by Gasteiger charge is 2.31. The van der Waals surface area contributed by atoms with Crippen LogP contribution in [0.25, 0.3) is 11.1 Å². The molecule has 2 aromatic carbocycles. The zero-order valence-electron chi connectivity index (χ0n) is 21.8. The van der Waals surface area contributed by atoms with Crippen molar-refractivity contribution in [1.82, 2.24) is 9.88 Å². The van der Waals surface area contributed by atoms with Crippen molar-refractivity contribution in [3.8, 4) is 17.3 Å². The van der Waals surface area contributed by atoms with Crippen LogP contribution < -0.4 is 10.7 Å². The molecule has 1 saturated heterocycles. The summed E-state index contributed by atoms with van der Waals surface area (Å²) in [6.45, 7) is 2.61. The number of carbonyl (C=O) groups excluding carboxylic acids is 1. The van der Waals surface area contributed by atoms with Gasteiger partial charge in [-0.3, -0.25) is 9.59 Å². The number of hydrogen-bond donors (Lipinski definition) is 1. The van der Waals surface area contributed by atoms with Gasteiger partial charge in [-0.05, 0) is 55.2 Å². The number of rotatable bonds is 6. The first-order valence-corrected chi connectivity index (χ1v) is 14.3. The molecule has 1 N–H and O–H groups in total. The van der Waals surface area contributed by atoms with Crippen LogP contribution in [0, 0.1) is 18.4 Å². The van der Waals surface area contributed by atoms with Crippen LogP contribution in [0.5, 0.6) is 0 Å². The summed E-state index contributed by atoms with van der Waals surface area (Å²) in [6.07, 6.45) is 1.21. The molecular formula is C28H27F3N4O4S. The lowest BCUT2D eigenvalue weighted by Gasteiger charge is -2.28. The molecule has 3 aromatic rings. The lowest BCUT2D eigenvalue weighted by Crippen LogP contribution is -2.33. The number of nitrogens with zero attached hydrogens (tertiary/aromatic N) is 3. The summed E-state index contributed by atoms with van der Waals surface area (Å²) in [7, 11) is -2.87. The molecule has 0 spiro atoms. The fourth-order valence-electron chi connectivity index (χ4n) is 4.67. The van der Waals surface area contributed by atoms with E-state index in [1.807, 2.05) is 0 Å². The Kier molecular flexibility index (Phi) is 8.46. The molecule has 0 radical (unpaired) electrons. The van der Waals surface area contributed by atoms with Gasteiger partial charge in [-0.2, -0.15) is 18.4 Å². The third-order valence-electron chi connectivity index (χ3n) is 6.77. The van der Waals surface area contributed by atoms with Gasteiger partial charge in [-0.15, -0.1) is 4.36 Å². The van der Waals surface area contributed by atoms with E-state index in [0.29, 0.717) is 29.4 Å². The predicted octanol–water partition coefficient (Wildman–Crippen LogP) is 5.06. The predicted molar refractivity (Wildman–Crippen MR) is 143 cm³/mol. The zero-order chi connectivity index (χ0) is 29.1. The number of nitrogens with one attached hydrogen (secondary N) is 1. The Bertz CT molecular complexity index is 1640. The van der Waals surface area contributed by atoms with Crippen LogP contribution in [0.2, 0.25) is 0 Å². The molecule has 12 heteroatoms. The molecule has 2 atom stereocenters. The molecule has 40 heavy (non-hydrogen) atoms. The molecule has 210 valence electrons.